The van der Waals surface area contributed by atoms with E-state index in [2.05, 4.69) is 0 Å². The van der Waals surface area contributed by atoms with Gasteiger partial charge >= 0.3 is 43.4 Å². The summed E-state index contributed by atoms with van der Waals surface area (Å²) in [6.45, 7) is 0. The molecule has 0 heterocycles. The van der Waals surface area contributed by atoms with Crippen molar-refractivity contribution in [2.24, 2.45) is 0 Å². The monoisotopic (exact) mass is 203 g/mol. The average Bonchev–Trinajstić information content (AvgIpc) is 0.918. The van der Waals surface area contributed by atoms with E-state index in [9.17, 15) is 0 Å². The van der Waals surface area contributed by atoms with Gasteiger partial charge in [-0.25, -0.2) is 0 Å². The van der Waals surface area contributed by atoms with Crippen LogP contribution in [0.25, 0.3) is 0 Å². The summed E-state index contributed by atoms with van der Waals surface area (Å²) in [7, 11) is -1.42. The minimum Gasteiger partial charge on any atom is -2.00 e. The van der Waals surface area contributed by atoms with Gasteiger partial charge in [0.15, 0.2) is 0 Å². The Balaban J connectivity index is -0.00000000333. The zero-order valence-electron chi connectivity index (χ0n) is 2.86. The first-order valence-corrected chi connectivity index (χ1v) is 1.22. The smallest absolute Gasteiger partial charge is 2.00 e. The Labute approximate surface area is 63.6 Å². The van der Waals surface area contributed by atoms with Crippen molar-refractivity contribution in [1.29, 1.82) is 0 Å². The van der Waals surface area contributed by atoms with Crippen LogP contribution in [-0.4, -0.2) is 9.29 Å². The third-order valence-corrected chi connectivity index (χ3v) is 0. The van der Waals surface area contributed by atoms with Crippen molar-refractivity contribution in [2.75, 3.05) is 0 Å². The molecule has 0 amide bonds. The van der Waals surface area contributed by atoms with Crippen LogP contribution < -0.4 is 0 Å². The van der Waals surface area contributed by atoms with Gasteiger partial charge in [-0.15, -0.1) is 0 Å². The van der Waals surface area contributed by atoms with Crippen molar-refractivity contribution in [3.05, 3.63) is 0 Å². The van der Waals surface area contributed by atoms with Gasteiger partial charge in [-0.1, -0.05) is 0 Å². The number of rotatable bonds is 0. The maximum absolute atomic E-state index is 8.40. The summed E-state index contributed by atoms with van der Waals surface area (Å²) in [6.07, 6.45) is 0. The fraction of sp³-hybridized carbons (Fsp3) is 0. The summed E-state index contributed by atoms with van der Waals surface area (Å²) in [5.41, 5.74) is 0. The van der Waals surface area contributed by atoms with Gasteiger partial charge in [-0.2, -0.15) is 0 Å². The summed E-state index contributed by atoms with van der Waals surface area (Å²) < 4.78 is 16.8. The molecule has 0 fully saturated rings. The van der Waals surface area contributed by atoms with Gasteiger partial charge < -0.3 is 11.0 Å². The fourth-order valence-electron chi connectivity index (χ4n) is 0. The molecule has 0 aliphatic heterocycles. The van der Waals surface area contributed by atoms with E-state index in [4.69, 9.17) is 8.92 Å². The second-order valence-electron chi connectivity index (χ2n) is 0.0833. The van der Waals surface area contributed by atoms with Crippen LogP contribution >= 0.6 is 0 Å². The van der Waals surface area contributed by atoms with Gasteiger partial charge in [0, 0.05) is 0 Å². The van der Waals surface area contributed by atoms with E-state index in [0.29, 0.717) is 0 Å². The van der Waals surface area contributed by atoms with Crippen LogP contribution in [0.15, 0.2) is 0 Å². The fourth-order valence-corrected chi connectivity index (χ4v) is 0. The molecule has 7 heteroatoms. The SMILES string of the molecule is O=[Si]=O.[Fe+2].[Mn+2].[O-2].[O-2]. The summed E-state index contributed by atoms with van der Waals surface area (Å²) in [5, 5.41) is 0. The third kappa shape index (κ3) is 257. The Kier molecular flexibility index (Phi) is 474. The van der Waals surface area contributed by atoms with Gasteiger partial charge in [0.1, 0.15) is 0 Å². The zero-order valence-corrected chi connectivity index (χ0v) is 6.15. The Morgan fingerprint density at radius 1 is 1.00 bits per heavy atom. The molecule has 7 heavy (non-hydrogen) atoms. The second-order valence-corrected chi connectivity index (χ2v) is 0.250. The Hall–Kier alpha value is 0.776. The third-order valence-electron chi connectivity index (χ3n) is 0. The molecule has 0 bridgehead atoms. The molecule has 0 atom stereocenters. The summed E-state index contributed by atoms with van der Waals surface area (Å²) in [5.74, 6) is 0. The topological polar surface area (TPSA) is 91.1 Å². The molecule has 0 saturated heterocycles. The molecule has 0 spiro atoms. The van der Waals surface area contributed by atoms with Crippen LogP contribution in [0.4, 0.5) is 0 Å². The molecular weight excluding hydrogens is 203 g/mol. The first-order valence-electron chi connectivity index (χ1n) is 0.408. The van der Waals surface area contributed by atoms with Crippen LogP contribution in [0.2, 0.25) is 0 Å². The molecular formula is FeMnO4Si. The number of hydrogen-bond acceptors (Lipinski definition) is 2. The summed E-state index contributed by atoms with van der Waals surface area (Å²) in [6, 6.07) is 0. The molecule has 1 radical (unpaired) electrons. The van der Waals surface area contributed by atoms with Crippen molar-refractivity contribution in [2.45, 2.75) is 0 Å². The predicted octanol–water partition coefficient (Wildman–Crippen LogP) is -0.861. The molecule has 0 aromatic rings. The molecule has 0 rings (SSSR count). The van der Waals surface area contributed by atoms with E-state index in [1.54, 1.807) is 0 Å². The molecule has 0 aliphatic carbocycles. The largest absolute Gasteiger partial charge is 2.00 e. The Morgan fingerprint density at radius 2 is 1.00 bits per heavy atom. The molecule has 0 aliphatic rings. The van der Waals surface area contributed by atoms with Gasteiger partial charge in [0.05, 0.1) is 0 Å². The normalized spacial score (nSPS) is 1.14. The summed E-state index contributed by atoms with van der Waals surface area (Å²) in [4.78, 5) is 0. The molecule has 0 saturated carbocycles. The first kappa shape index (κ1) is 46.3. The van der Waals surface area contributed by atoms with Gasteiger partial charge in [-0.3, -0.25) is 8.92 Å². The van der Waals surface area contributed by atoms with Gasteiger partial charge in [0.2, 0.25) is 0 Å². The van der Waals surface area contributed by atoms with Crippen LogP contribution in [0.5, 0.6) is 0 Å². The second kappa shape index (κ2) is 71.7. The molecule has 0 N–H and O–H groups in total. The van der Waals surface area contributed by atoms with Gasteiger partial charge in [0.25, 0.3) is 0 Å². The van der Waals surface area contributed by atoms with Crippen molar-refractivity contribution >= 4 is 9.29 Å². The zero-order chi connectivity index (χ0) is 2.71. The van der Waals surface area contributed by atoms with Gasteiger partial charge in [-0.05, 0) is 0 Å². The van der Waals surface area contributed by atoms with Crippen molar-refractivity contribution in [3.8, 4) is 0 Å². The van der Waals surface area contributed by atoms with Crippen molar-refractivity contribution in [1.82, 2.24) is 0 Å². The van der Waals surface area contributed by atoms with Crippen LogP contribution in [-0.2, 0) is 54.0 Å². The van der Waals surface area contributed by atoms with E-state index in [1.165, 1.54) is 0 Å². The minimum atomic E-state index is -1.42. The molecule has 0 aromatic heterocycles. The van der Waals surface area contributed by atoms with Crippen LogP contribution in [0.1, 0.15) is 0 Å². The number of hydrogen-bond donors (Lipinski definition) is 0. The quantitative estimate of drug-likeness (QED) is 0.479. The maximum atomic E-state index is 8.40. The van der Waals surface area contributed by atoms with E-state index in [1.807, 2.05) is 0 Å². The Morgan fingerprint density at radius 3 is 1.00 bits per heavy atom. The van der Waals surface area contributed by atoms with Crippen molar-refractivity contribution < 1.29 is 54.0 Å². The molecule has 43 valence electrons. The van der Waals surface area contributed by atoms with Crippen LogP contribution in [0.3, 0.4) is 0 Å². The maximum Gasteiger partial charge on any atom is 2.00 e. The predicted molar refractivity (Wildman–Crippen MR) is 8.50 cm³/mol. The van der Waals surface area contributed by atoms with E-state index in [0.717, 1.165) is 0 Å². The Bertz CT molecular complexity index is 32.7. The van der Waals surface area contributed by atoms with Crippen LogP contribution in [0, 0.1) is 0 Å². The average molecular weight is 203 g/mol. The molecule has 0 unspecified atom stereocenters. The minimum absolute atomic E-state index is 0. The van der Waals surface area contributed by atoms with E-state index >= 15 is 0 Å². The summed E-state index contributed by atoms with van der Waals surface area (Å²) >= 11 is 0. The van der Waals surface area contributed by atoms with E-state index in [-0.39, 0.29) is 45.1 Å². The molecule has 4 nitrogen and oxygen atoms in total. The molecule has 0 aromatic carbocycles. The van der Waals surface area contributed by atoms with Crippen molar-refractivity contribution in [3.63, 3.8) is 0 Å². The standard InChI is InChI=1S/Fe.Mn.O2Si.2O/c;;1-3-2;;/q2*+2;;2*-2. The first-order chi connectivity index (χ1) is 1.41. The van der Waals surface area contributed by atoms with E-state index < -0.39 is 9.29 Å².